The van der Waals surface area contributed by atoms with Gasteiger partial charge in [0.15, 0.2) is 0 Å². The van der Waals surface area contributed by atoms with Crippen LogP contribution >= 0.6 is 0 Å². The van der Waals surface area contributed by atoms with Crippen molar-refractivity contribution in [2.24, 2.45) is 0 Å². The number of nitrogens with one attached hydrogen (secondary N) is 2. The second kappa shape index (κ2) is 5.69. The zero-order valence-electron chi connectivity index (χ0n) is 9.81. The molecule has 0 radical (unpaired) electrons. The van der Waals surface area contributed by atoms with E-state index in [1.807, 2.05) is 48.5 Å². The molecule has 2 rings (SSSR count). The largest absolute Gasteiger partial charge is 0.337 e. The number of carbonyl (C=O) groups excluding carboxylic acids is 1. The summed E-state index contributed by atoms with van der Waals surface area (Å²) in [5.41, 5.74) is 0.766. The zero-order chi connectivity index (χ0) is 12.8. The number of carbonyl (C=O) groups is 1. The first kappa shape index (κ1) is 11.9. The van der Waals surface area contributed by atoms with Crippen LogP contribution in [0, 0.1) is 11.3 Å². The predicted octanol–water partition coefficient (Wildman–Crippen LogP) is 2.87. The molecular formula is C14H13N3O. The highest BCUT2D eigenvalue weighted by atomic mass is 16.2. The molecule has 0 bridgehead atoms. The van der Waals surface area contributed by atoms with Crippen molar-refractivity contribution in [2.45, 2.75) is 6.42 Å². The Bertz CT molecular complexity index is 596. The Hall–Kier alpha value is -2.54. The maximum absolute atomic E-state index is 11.6. The number of fused-ring (bicyclic) bond motifs is 1. The lowest BCUT2D eigenvalue weighted by Gasteiger charge is -2.09. The van der Waals surface area contributed by atoms with Crippen LogP contribution in [0.1, 0.15) is 6.42 Å². The maximum atomic E-state index is 11.6. The molecule has 0 aliphatic rings. The number of benzene rings is 2. The van der Waals surface area contributed by atoms with E-state index in [-0.39, 0.29) is 6.03 Å². The Morgan fingerprint density at radius 2 is 1.94 bits per heavy atom. The van der Waals surface area contributed by atoms with Crippen LogP contribution in [0.25, 0.3) is 10.8 Å². The number of hydrogen-bond acceptors (Lipinski definition) is 2. The Morgan fingerprint density at radius 3 is 2.78 bits per heavy atom. The molecule has 90 valence electrons. The van der Waals surface area contributed by atoms with Crippen LogP contribution in [-0.2, 0) is 0 Å². The molecule has 2 aromatic carbocycles. The van der Waals surface area contributed by atoms with Crippen molar-refractivity contribution in [1.29, 1.82) is 5.26 Å². The Labute approximate surface area is 105 Å². The lowest BCUT2D eigenvalue weighted by molar-refractivity contribution is 0.252. The smallest absolute Gasteiger partial charge is 0.319 e. The number of nitrogens with zero attached hydrogens (tertiary/aromatic N) is 1. The zero-order valence-corrected chi connectivity index (χ0v) is 9.81. The number of anilines is 1. The molecule has 0 atom stereocenters. The first-order valence-electron chi connectivity index (χ1n) is 5.71. The third kappa shape index (κ3) is 2.77. The van der Waals surface area contributed by atoms with Crippen molar-refractivity contribution in [2.75, 3.05) is 11.9 Å². The van der Waals surface area contributed by atoms with E-state index in [9.17, 15) is 4.79 Å². The topological polar surface area (TPSA) is 64.9 Å². The first-order valence-corrected chi connectivity index (χ1v) is 5.71. The minimum Gasteiger partial charge on any atom is -0.337 e. The van der Waals surface area contributed by atoms with Gasteiger partial charge in [-0.2, -0.15) is 5.26 Å². The highest BCUT2D eigenvalue weighted by Crippen LogP contribution is 2.22. The van der Waals surface area contributed by atoms with Gasteiger partial charge in [0.05, 0.1) is 18.2 Å². The molecular weight excluding hydrogens is 226 g/mol. The number of nitriles is 1. The average Bonchev–Trinajstić information content (AvgIpc) is 2.39. The first-order chi connectivity index (χ1) is 8.81. The van der Waals surface area contributed by atoms with Gasteiger partial charge in [-0.05, 0) is 11.5 Å². The fourth-order valence-electron chi connectivity index (χ4n) is 1.73. The van der Waals surface area contributed by atoms with E-state index in [1.54, 1.807) is 0 Å². The van der Waals surface area contributed by atoms with Gasteiger partial charge in [0, 0.05) is 11.9 Å². The summed E-state index contributed by atoms with van der Waals surface area (Å²) in [6.07, 6.45) is 0.308. The summed E-state index contributed by atoms with van der Waals surface area (Å²) >= 11 is 0. The number of hydrogen-bond donors (Lipinski definition) is 2. The summed E-state index contributed by atoms with van der Waals surface area (Å²) in [7, 11) is 0. The molecule has 0 fully saturated rings. The SMILES string of the molecule is N#CCCNC(=O)Nc1cccc2ccccc12. The van der Waals surface area contributed by atoms with Gasteiger partial charge in [-0.1, -0.05) is 36.4 Å². The number of rotatable bonds is 3. The van der Waals surface area contributed by atoms with Gasteiger partial charge in [-0.3, -0.25) is 0 Å². The van der Waals surface area contributed by atoms with E-state index in [1.165, 1.54) is 0 Å². The molecule has 0 heterocycles. The van der Waals surface area contributed by atoms with Gasteiger partial charge in [0.25, 0.3) is 0 Å². The third-order valence-corrected chi connectivity index (χ3v) is 2.56. The van der Waals surface area contributed by atoms with E-state index in [0.29, 0.717) is 13.0 Å². The monoisotopic (exact) mass is 239 g/mol. The molecule has 2 N–H and O–H groups in total. The Morgan fingerprint density at radius 1 is 1.17 bits per heavy atom. The van der Waals surface area contributed by atoms with Gasteiger partial charge in [-0.15, -0.1) is 0 Å². The van der Waals surface area contributed by atoms with Crippen molar-refractivity contribution in [3.05, 3.63) is 42.5 Å². The summed E-state index contributed by atoms with van der Waals surface area (Å²) in [5, 5.41) is 15.9. The van der Waals surface area contributed by atoms with E-state index in [2.05, 4.69) is 10.6 Å². The van der Waals surface area contributed by atoms with Crippen LogP contribution in [0.3, 0.4) is 0 Å². The van der Waals surface area contributed by atoms with Gasteiger partial charge in [0.1, 0.15) is 0 Å². The molecule has 0 aliphatic heterocycles. The quantitative estimate of drug-likeness (QED) is 0.809. The van der Waals surface area contributed by atoms with Crippen LogP contribution in [0.2, 0.25) is 0 Å². The van der Waals surface area contributed by atoms with Gasteiger partial charge in [0.2, 0.25) is 0 Å². The molecule has 0 unspecified atom stereocenters. The van der Waals surface area contributed by atoms with Gasteiger partial charge in [-0.25, -0.2) is 4.79 Å². The molecule has 0 saturated carbocycles. The molecule has 18 heavy (non-hydrogen) atoms. The molecule has 4 heteroatoms. The summed E-state index contributed by atoms with van der Waals surface area (Å²) in [6, 6.07) is 15.3. The van der Waals surface area contributed by atoms with E-state index in [0.717, 1.165) is 16.5 Å². The molecule has 4 nitrogen and oxygen atoms in total. The Balaban J connectivity index is 2.12. The summed E-state index contributed by atoms with van der Waals surface area (Å²) in [4.78, 5) is 11.6. The minimum absolute atomic E-state index is 0.290. The third-order valence-electron chi connectivity index (χ3n) is 2.56. The van der Waals surface area contributed by atoms with Crippen LogP contribution in [0.15, 0.2) is 42.5 Å². The fourth-order valence-corrected chi connectivity index (χ4v) is 1.73. The average molecular weight is 239 g/mol. The molecule has 2 aromatic rings. The van der Waals surface area contributed by atoms with Crippen molar-refractivity contribution in [3.8, 4) is 6.07 Å². The molecule has 0 spiro atoms. The summed E-state index contributed by atoms with van der Waals surface area (Å²) in [5.74, 6) is 0. The molecule has 0 aromatic heterocycles. The lowest BCUT2D eigenvalue weighted by Crippen LogP contribution is -2.29. The van der Waals surface area contributed by atoms with Crippen molar-refractivity contribution >= 4 is 22.5 Å². The van der Waals surface area contributed by atoms with Crippen molar-refractivity contribution in [1.82, 2.24) is 5.32 Å². The van der Waals surface area contributed by atoms with Gasteiger partial charge < -0.3 is 10.6 Å². The van der Waals surface area contributed by atoms with Crippen LogP contribution in [0.5, 0.6) is 0 Å². The lowest BCUT2D eigenvalue weighted by atomic mass is 10.1. The molecule has 2 amide bonds. The second-order valence-corrected chi connectivity index (χ2v) is 3.82. The van der Waals surface area contributed by atoms with Gasteiger partial charge >= 0.3 is 6.03 Å². The van der Waals surface area contributed by atoms with Crippen molar-refractivity contribution < 1.29 is 4.79 Å². The second-order valence-electron chi connectivity index (χ2n) is 3.82. The van der Waals surface area contributed by atoms with Crippen LogP contribution in [-0.4, -0.2) is 12.6 Å². The Kier molecular flexibility index (Phi) is 3.77. The van der Waals surface area contributed by atoms with Crippen LogP contribution in [0.4, 0.5) is 10.5 Å². The number of amides is 2. The standard InChI is InChI=1S/C14H13N3O/c15-9-4-10-16-14(18)17-13-8-3-6-11-5-1-2-7-12(11)13/h1-3,5-8H,4,10H2,(H2,16,17,18). The minimum atomic E-state index is -0.290. The van der Waals surface area contributed by atoms with E-state index in [4.69, 9.17) is 5.26 Å². The number of urea groups is 1. The highest BCUT2D eigenvalue weighted by Gasteiger charge is 2.04. The summed E-state index contributed by atoms with van der Waals surface area (Å²) < 4.78 is 0. The maximum Gasteiger partial charge on any atom is 0.319 e. The normalized spacial score (nSPS) is 9.72. The predicted molar refractivity (Wildman–Crippen MR) is 71.2 cm³/mol. The highest BCUT2D eigenvalue weighted by molar-refractivity contribution is 6.01. The summed E-state index contributed by atoms with van der Waals surface area (Å²) in [6.45, 7) is 0.354. The van der Waals surface area contributed by atoms with E-state index < -0.39 is 0 Å². The fraction of sp³-hybridized carbons (Fsp3) is 0.143. The van der Waals surface area contributed by atoms with Crippen LogP contribution < -0.4 is 10.6 Å². The molecule has 0 saturated heterocycles. The van der Waals surface area contributed by atoms with E-state index >= 15 is 0 Å². The van der Waals surface area contributed by atoms with Crippen molar-refractivity contribution in [3.63, 3.8) is 0 Å². The molecule has 0 aliphatic carbocycles.